The van der Waals surface area contributed by atoms with Crippen LogP contribution in [0.15, 0.2) is 54.6 Å². The van der Waals surface area contributed by atoms with E-state index in [9.17, 15) is 8.42 Å². The summed E-state index contributed by atoms with van der Waals surface area (Å²) in [5.41, 5.74) is 2.05. The molecule has 2 aromatic rings. The molecular weight excluding hydrogens is 312 g/mol. The lowest BCUT2D eigenvalue weighted by Gasteiger charge is -2.21. The highest BCUT2D eigenvalue weighted by molar-refractivity contribution is 7.87. The normalized spacial score (nSPS) is 17.0. The van der Waals surface area contributed by atoms with Crippen LogP contribution in [0.3, 0.4) is 0 Å². The second kappa shape index (κ2) is 6.70. The maximum absolute atomic E-state index is 12.3. The zero-order valence-corrected chi connectivity index (χ0v) is 13.8. The first-order valence-electron chi connectivity index (χ1n) is 7.54. The maximum Gasteiger partial charge on any atom is 0.279 e. The largest absolute Gasteiger partial charge is 0.488 e. The van der Waals surface area contributed by atoms with Crippen molar-refractivity contribution in [3.63, 3.8) is 0 Å². The second-order valence-electron chi connectivity index (χ2n) is 5.64. The molecule has 2 aromatic carbocycles. The quantitative estimate of drug-likeness (QED) is 0.880. The molecule has 23 heavy (non-hydrogen) atoms. The highest BCUT2D eigenvalue weighted by Gasteiger charge is 2.27. The van der Waals surface area contributed by atoms with Crippen molar-refractivity contribution in [2.75, 3.05) is 13.6 Å². The van der Waals surface area contributed by atoms with Crippen LogP contribution in [0.2, 0.25) is 0 Å². The minimum Gasteiger partial charge on any atom is -0.488 e. The lowest BCUT2D eigenvalue weighted by molar-refractivity contribution is 0.204. The fraction of sp³-hybridized carbons (Fsp3) is 0.294. The van der Waals surface area contributed by atoms with Crippen molar-refractivity contribution in [3.05, 3.63) is 65.7 Å². The van der Waals surface area contributed by atoms with Gasteiger partial charge >= 0.3 is 0 Å². The van der Waals surface area contributed by atoms with Crippen molar-refractivity contribution in [1.82, 2.24) is 9.03 Å². The molecule has 0 aromatic heterocycles. The standard InChI is InChI=1S/C17H20N2O3S/c1-19(13-16-11-15-9-5-6-10-17(15)22-16)23(20,21)18-12-14-7-3-2-4-8-14/h2-10,16,18H,11-13H2,1H3/t16-/m1/s1. The molecule has 0 aliphatic carbocycles. The molecule has 0 amide bonds. The van der Waals surface area contributed by atoms with Crippen molar-refractivity contribution in [2.24, 2.45) is 0 Å². The molecule has 5 nitrogen and oxygen atoms in total. The van der Waals surface area contributed by atoms with Crippen LogP contribution in [0.25, 0.3) is 0 Å². The average Bonchev–Trinajstić information content (AvgIpc) is 2.96. The summed E-state index contributed by atoms with van der Waals surface area (Å²) in [5.74, 6) is 0.848. The van der Waals surface area contributed by atoms with Gasteiger partial charge in [-0.3, -0.25) is 0 Å². The Balaban J connectivity index is 1.56. The van der Waals surface area contributed by atoms with Crippen LogP contribution in [0.4, 0.5) is 0 Å². The van der Waals surface area contributed by atoms with Crippen LogP contribution in [0, 0.1) is 0 Å². The molecule has 0 bridgehead atoms. The van der Waals surface area contributed by atoms with Crippen LogP contribution in [-0.2, 0) is 23.2 Å². The summed E-state index contributed by atoms with van der Waals surface area (Å²) < 4.78 is 34.4. The number of likely N-dealkylation sites (N-methyl/N-ethyl adjacent to an activating group) is 1. The summed E-state index contributed by atoms with van der Waals surface area (Å²) in [5, 5.41) is 0. The molecule has 0 fully saturated rings. The minimum absolute atomic E-state index is 0.147. The van der Waals surface area contributed by atoms with E-state index in [0.717, 1.165) is 23.3 Å². The van der Waals surface area contributed by atoms with Crippen molar-refractivity contribution >= 4 is 10.2 Å². The Labute approximate surface area is 137 Å². The summed E-state index contributed by atoms with van der Waals surface area (Å²) in [6.45, 7) is 0.595. The van der Waals surface area contributed by atoms with E-state index in [-0.39, 0.29) is 12.6 Å². The Morgan fingerprint density at radius 2 is 1.83 bits per heavy atom. The van der Waals surface area contributed by atoms with Crippen molar-refractivity contribution in [3.8, 4) is 5.75 Å². The molecule has 1 aliphatic rings. The van der Waals surface area contributed by atoms with E-state index in [4.69, 9.17) is 4.74 Å². The van der Waals surface area contributed by atoms with Gasteiger partial charge in [0.2, 0.25) is 0 Å². The molecule has 0 radical (unpaired) electrons. The average molecular weight is 332 g/mol. The number of ether oxygens (including phenoxy) is 1. The number of nitrogens with zero attached hydrogens (tertiary/aromatic N) is 1. The summed E-state index contributed by atoms with van der Waals surface area (Å²) >= 11 is 0. The zero-order valence-electron chi connectivity index (χ0n) is 13.0. The lowest BCUT2D eigenvalue weighted by atomic mass is 10.1. The van der Waals surface area contributed by atoms with E-state index in [1.807, 2.05) is 54.6 Å². The number of fused-ring (bicyclic) bond motifs is 1. The Morgan fingerprint density at radius 1 is 1.13 bits per heavy atom. The highest BCUT2D eigenvalue weighted by atomic mass is 32.2. The van der Waals surface area contributed by atoms with E-state index >= 15 is 0 Å². The van der Waals surface area contributed by atoms with Gasteiger partial charge in [0.25, 0.3) is 10.2 Å². The third-order valence-electron chi connectivity index (χ3n) is 3.89. The van der Waals surface area contributed by atoms with Crippen LogP contribution in [-0.4, -0.2) is 32.4 Å². The predicted octanol–water partition coefficient (Wildman–Crippen LogP) is 1.96. The van der Waals surface area contributed by atoms with Gasteiger partial charge in [0.05, 0.1) is 6.54 Å². The molecule has 0 spiro atoms. The molecule has 1 aliphatic heterocycles. The van der Waals surface area contributed by atoms with Crippen LogP contribution in [0.5, 0.6) is 5.75 Å². The Kier molecular flexibility index (Phi) is 4.66. The Hall–Kier alpha value is -1.89. The molecule has 3 rings (SSSR count). The van der Waals surface area contributed by atoms with Gasteiger partial charge < -0.3 is 4.74 Å². The van der Waals surface area contributed by atoms with E-state index < -0.39 is 10.2 Å². The van der Waals surface area contributed by atoms with E-state index in [2.05, 4.69) is 4.72 Å². The van der Waals surface area contributed by atoms with Gasteiger partial charge in [-0.05, 0) is 17.2 Å². The lowest BCUT2D eigenvalue weighted by Crippen LogP contribution is -2.42. The minimum atomic E-state index is -3.53. The smallest absolute Gasteiger partial charge is 0.279 e. The number of rotatable bonds is 6. The predicted molar refractivity (Wildman–Crippen MR) is 89.4 cm³/mol. The summed E-state index contributed by atoms with van der Waals surface area (Å²) in [4.78, 5) is 0. The Bertz CT molecular complexity index is 737. The molecule has 0 unspecified atom stereocenters. The van der Waals surface area contributed by atoms with Crippen molar-refractivity contribution in [2.45, 2.75) is 19.1 Å². The molecule has 0 saturated heterocycles. The van der Waals surface area contributed by atoms with Gasteiger partial charge in [0, 0.05) is 20.0 Å². The third kappa shape index (κ3) is 3.90. The molecule has 1 heterocycles. The SMILES string of the molecule is CN(C[C@H]1Cc2ccccc2O1)S(=O)(=O)NCc1ccccc1. The number of nitrogens with one attached hydrogen (secondary N) is 1. The number of benzene rings is 2. The van der Waals surface area contributed by atoms with Gasteiger partial charge in [-0.2, -0.15) is 17.4 Å². The van der Waals surface area contributed by atoms with E-state index in [1.54, 1.807) is 7.05 Å². The van der Waals surface area contributed by atoms with Gasteiger partial charge in [-0.25, -0.2) is 0 Å². The molecule has 1 N–H and O–H groups in total. The molecule has 122 valence electrons. The van der Waals surface area contributed by atoms with E-state index in [1.165, 1.54) is 4.31 Å². The first-order valence-corrected chi connectivity index (χ1v) is 8.98. The molecule has 6 heteroatoms. The monoisotopic (exact) mass is 332 g/mol. The fourth-order valence-corrected chi connectivity index (χ4v) is 3.55. The number of para-hydroxylation sites is 1. The number of hydrogen-bond acceptors (Lipinski definition) is 3. The van der Waals surface area contributed by atoms with Crippen LogP contribution in [0.1, 0.15) is 11.1 Å². The summed E-state index contributed by atoms with van der Waals surface area (Å²) in [6, 6.07) is 17.3. The van der Waals surface area contributed by atoms with Gasteiger partial charge in [0.15, 0.2) is 0 Å². The van der Waals surface area contributed by atoms with E-state index in [0.29, 0.717) is 6.54 Å². The maximum atomic E-state index is 12.3. The van der Waals surface area contributed by atoms with Gasteiger partial charge in [-0.15, -0.1) is 0 Å². The fourth-order valence-electron chi connectivity index (χ4n) is 2.62. The van der Waals surface area contributed by atoms with Crippen molar-refractivity contribution in [1.29, 1.82) is 0 Å². The highest BCUT2D eigenvalue weighted by Crippen LogP contribution is 2.28. The van der Waals surface area contributed by atoms with Crippen molar-refractivity contribution < 1.29 is 13.2 Å². The second-order valence-corrected chi connectivity index (χ2v) is 7.51. The molecule has 1 atom stereocenters. The first kappa shape index (κ1) is 16.0. The number of hydrogen-bond donors (Lipinski definition) is 1. The molecular formula is C17H20N2O3S. The summed E-state index contributed by atoms with van der Waals surface area (Å²) in [7, 11) is -1.96. The first-order chi connectivity index (χ1) is 11.0. The van der Waals surface area contributed by atoms with Crippen LogP contribution < -0.4 is 9.46 Å². The topological polar surface area (TPSA) is 58.6 Å². The zero-order chi connectivity index (χ0) is 16.3. The third-order valence-corrected chi connectivity index (χ3v) is 5.37. The molecule has 0 saturated carbocycles. The van der Waals surface area contributed by atoms with Gasteiger partial charge in [-0.1, -0.05) is 48.5 Å². The van der Waals surface area contributed by atoms with Crippen LogP contribution >= 0.6 is 0 Å². The summed E-state index contributed by atoms with van der Waals surface area (Å²) in [6.07, 6.45) is 0.583. The van der Waals surface area contributed by atoms with Gasteiger partial charge in [0.1, 0.15) is 11.9 Å². The Morgan fingerprint density at radius 3 is 2.57 bits per heavy atom.